The first-order chi connectivity index (χ1) is 6.81. The lowest BCUT2D eigenvalue weighted by atomic mass is 9.97. The molecular weight excluding hydrogens is 174 g/mol. The Morgan fingerprint density at radius 1 is 1.07 bits per heavy atom. The largest absolute Gasteiger partial charge is 0.333 e. The van der Waals surface area contributed by atoms with Gasteiger partial charge in [-0.15, -0.1) is 0 Å². The van der Waals surface area contributed by atoms with Crippen molar-refractivity contribution >= 4 is 0 Å². The fourth-order valence-corrected chi connectivity index (χ4v) is 1.34. The molecule has 0 aromatic rings. The zero-order valence-corrected chi connectivity index (χ0v) is 9.97. The maximum atomic E-state index is 5.63. The van der Waals surface area contributed by atoms with Gasteiger partial charge in [-0.3, -0.25) is 0 Å². The first kappa shape index (κ1) is 16.3. The van der Waals surface area contributed by atoms with Gasteiger partial charge in [0.05, 0.1) is 0 Å². The Labute approximate surface area is 89.4 Å². The predicted molar refractivity (Wildman–Crippen MR) is 65.1 cm³/mol. The van der Waals surface area contributed by atoms with E-state index in [1.165, 1.54) is 52.0 Å². The van der Waals surface area contributed by atoms with Crippen LogP contribution in [0.15, 0.2) is 0 Å². The van der Waals surface area contributed by atoms with Crippen LogP contribution in [0.4, 0.5) is 0 Å². The Kier molecular flexibility index (Phi) is 17.9. The van der Waals surface area contributed by atoms with Crippen LogP contribution in [0.3, 0.4) is 0 Å². The normalized spacial score (nSPS) is 16.1. The molecule has 0 unspecified atom stereocenters. The fourth-order valence-electron chi connectivity index (χ4n) is 1.34. The Hall–Kier alpha value is -0.120. The van der Waals surface area contributed by atoms with Gasteiger partial charge in [0.2, 0.25) is 0 Å². The molecule has 0 heterocycles. The Morgan fingerprint density at radius 3 is 1.71 bits per heavy atom. The highest BCUT2D eigenvalue weighted by molar-refractivity contribution is 4.66. The molecule has 88 valence electrons. The molecule has 0 amide bonds. The number of rotatable bonds is 2. The van der Waals surface area contributed by atoms with Crippen LogP contribution >= 0.6 is 0 Å². The van der Waals surface area contributed by atoms with Crippen LogP contribution in [-0.4, -0.2) is 19.6 Å². The maximum Gasteiger partial charge on any atom is 0.00388 e. The molecule has 0 aliphatic heterocycles. The van der Waals surface area contributed by atoms with Gasteiger partial charge in [0, 0.05) is 6.04 Å². The van der Waals surface area contributed by atoms with E-state index in [0.29, 0.717) is 6.04 Å². The predicted octanol–water partition coefficient (Wildman–Crippen LogP) is 1.60. The van der Waals surface area contributed by atoms with E-state index in [4.69, 9.17) is 11.5 Å². The topological polar surface area (TPSA) is 78.1 Å². The first-order valence-corrected chi connectivity index (χ1v) is 5.84. The van der Waals surface area contributed by atoms with Gasteiger partial charge < -0.3 is 17.2 Å². The average Bonchev–Trinajstić information content (AvgIpc) is 2.24. The summed E-state index contributed by atoms with van der Waals surface area (Å²) in [6, 6.07) is 0.536. The van der Waals surface area contributed by atoms with Crippen molar-refractivity contribution < 1.29 is 0 Å². The lowest BCUT2D eigenvalue weighted by Crippen LogP contribution is -2.22. The minimum Gasteiger partial charge on any atom is -0.333 e. The number of hydrogen-bond acceptors (Lipinski definition) is 3. The van der Waals surface area contributed by atoms with Crippen molar-refractivity contribution in [1.29, 1.82) is 0 Å². The zero-order chi connectivity index (χ0) is 11.2. The van der Waals surface area contributed by atoms with Crippen LogP contribution in [0.5, 0.6) is 0 Å². The molecule has 0 bridgehead atoms. The molecule has 0 saturated heterocycles. The Morgan fingerprint density at radius 2 is 1.57 bits per heavy atom. The zero-order valence-electron chi connectivity index (χ0n) is 9.97. The second kappa shape index (κ2) is 15.4. The van der Waals surface area contributed by atoms with Crippen molar-refractivity contribution in [2.75, 3.05) is 13.6 Å². The molecular formula is C11H29N3. The van der Waals surface area contributed by atoms with Crippen LogP contribution in [0.1, 0.15) is 51.9 Å². The minimum absolute atomic E-state index is 0.536. The summed E-state index contributed by atoms with van der Waals surface area (Å²) >= 11 is 0. The summed E-state index contributed by atoms with van der Waals surface area (Å²) < 4.78 is 0. The molecule has 0 atom stereocenters. The minimum atomic E-state index is 0.536. The molecule has 0 radical (unpaired) electrons. The van der Waals surface area contributed by atoms with Crippen LogP contribution in [0.2, 0.25) is 0 Å². The quantitative estimate of drug-likeness (QED) is 0.638. The van der Waals surface area contributed by atoms with Crippen LogP contribution in [-0.2, 0) is 0 Å². The SMILES string of the molecule is CCCCN.CN.NC1CCCCC1. The van der Waals surface area contributed by atoms with E-state index in [-0.39, 0.29) is 0 Å². The number of unbranched alkanes of at least 4 members (excludes halogenated alkanes) is 1. The molecule has 1 aliphatic carbocycles. The van der Waals surface area contributed by atoms with Gasteiger partial charge in [0.15, 0.2) is 0 Å². The van der Waals surface area contributed by atoms with Crippen molar-refractivity contribution in [3.8, 4) is 0 Å². The van der Waals surface area contributed by atoms with E-state index in [1.807, 2.05) is 0 Å². The van der Waals surface area contributed by atoms with E-state index in [2.05, 4.69) is 12.7 Å². The monoisotopic (exact) mass is 203 g/mol. The first-order valence-electron chi connectivity index (χ1n) is 5.84. The van der Waals surface area contributed by atoms with Crippen LogP contribution < -0.4 is 17.2 Å². The van der Waals surface area contributed by atoms with E-state index in [9.17, 15) is 0 Å². The maximum absolute atomic E-state index is 5.63. The van der Waals surface area contributed by atoms with E-state index < -0.39 is 0 Å². The third-order valence-electron chi connectivity index (χ3n) is 2.21. The van der Waals surface area contributed by atoms with Crippen molar-refractivity contribution in [2.45, 2.75) is 57.9 Å². The summed E-state index contributed by atoms with van der Waals surface area (Å²) in [5, 5.41) is 0. The molecule has 6 N–H and O–H groups in total. The van der Waals surface area contributed by atoms with Gasteiger partial charge in [-0.2, -0.15) is 0 Å². The molecule has 14 heavy (non-hydrogen) atoms. The van der Waals surface area contributed by atoms with Gasteiger partial charge in [-0.25, -0.2) is 0 Å². The van der Waals surface area contributed by atoms with E-state index in [0.717, 1.165) is 6.54 Å². The van der Waals surface area contributed by atoms with Crippen molar-refractivity contribution in [2.24, 2.45) is 17.2 Å². The average molecular weight is 203 g/mol. The van der Waals surface area contributed by atoms with Gasteiger partial charge in [-0.05, 0) is 32.9 Å². The summed E-state index contributed by atoms with van der Waals surface area (Å²) in [5.74, 6) is 0. The highest BCUT2D eigenvalue weighted by Gasteiger charge is 2.06. The molecule has 1 rings (SSSR count). The third-order valence-corrected chi connectivity index (χ3v) is 2.21. The second-order valence-corrected chi connectivity index (χ2v) is 3.54. The summed E-state index contributed by atoms with van der Waals surface area (Å²) in [4.78, 5) is 0. The number of hydrogen-bond donors (Lipinski definition) is 3. The Balaban J connectivity index is 0. The lowest BCUT2D eigenvalue weighted by molar-refractivity contribution is 0.441. The molecule has 0 spiro atoms. The molecule has 1 fully saturated rings. The van der Waals surface area contributed by atoms with Gasteiger partial charge >= 0.3 is 0 Å². The smallest absolute Gasteiger partial charge is 0.00388 e. The molecule has 1 saturated carbocycles. The van der Waals surface area contributed by atoms with Gasteiger partial charge in [-0.1, -0.05) is 32.6 Å². The number of nitrogens with two attached hydrogens (primary N) is 3. The summed E-state index contributed by atoms with van der Waals surface area (Å²) in [6.45, 7) is 2.98. The molecule has 0 aromatic heterocycles. The van der Waals surface area contributed by atoms with Crippen molar-refractivity contribution in [3.05, 3.63) is 0 Å². The second-order valence-electron chi connectivity index (χ2n) is 3.54. The summed E-state index contributed by atoms with van der Waals surface area (Å²) in [5.41, 5.74) is 15.3. The van der Waals surface area contributed by atoms with Crippen LogP contribution in [0.25, 0.3) is 0 Å². The standard InChI is InChI=1S/C6H13N.C4H11N.CH5N/c7-6-4-2-1-3-5-6;1-2-3-4-5;1-2/h6H,1-5,7H2;2-5H2,1H3;2H2,1H3. The third kappa shape index (κ3) is 14.4. The lowest BCUT2D eigenvalue weighted by Gasteiger charge is -2.15. The summed E-state index contributed by atoms with van der Waals surface area (Å²) in [6.07, 6.45) is 9.05. The highest BCUT2D eigenvalue weighted by atomic mass is 14.6. The van der Waals surface area contributed by atoms with Crippen LogP contribution in [0, 0.1) is 0 Å². The van der Waals surface area contributed by atoms with Gasteiger partial charge in [0.1, 0.15) is 0 Å². The fraction of sp³-hybridized carbons (Fsp3) is 1.00. The van der Waals surface area contributed by atoms with E-state index >= 15 is 0 Å². The van der Waals surface area contributed by atoms with Crippen molar-refractivity contribution in [3.63, 3.8) is 0 Å². The molecule has 0 aromatic carbocycles. The van der Waals surface area contributed by atoms with Crippen molar-refractivity contribution in [1.82, 2.24) is 0 Å². The molecule has 1 aliphatic rings. The molecule has 3 heteroatoms. The molecule has 3 nitrogen and oxygen atoms in total. The highest BCUT2D eigenvalue weighted by Crippen LogP contribution is 2.14. The Bertz CT molecular complexity index is 78.6. The summed E-state index contributed by atoms with van der Waals surface area (Å²) in [7, 11) is 1.50. The van der Waals surface area contributed by atoms with Gasteiger partial charge in [0.25, 0.3) is 0 Å². The van der Waals surface area contributed by atoms with E-state index in [1.54, 1.807) is 0 Å².